The molecule has 2 aromatic rings. The van der Waals surface area contributed by atoms with E-state index in [1.807, 2.05) is 30.3 Å². The third-order valence-corrected chi connectivity index (χ3v) is 2.98. The van der Waals surface area contributed by atoms with E-state index in [4.69, 9.17) is 10.5 Å². The van der Waals surface area contributed by atoms with Crippen molar-refractivity contribution in [3.05, 3.63) is 30.3 Å². The highest BCUT2D eigenvalue weighted by Gasteiger charge is 2.04. The van der Waals surface area contributed by atoms with Crippen LogP contribution in [0.3, 0.4) is 0 Å². The number of hydrogen-bond acceptors (Lipinski definition) is 3. The molecule has 1 unspecified atom stereocenters. The molecule has 1 heterocycles. The summed E-state index contributed by atoms with van der Waals surface area (Å²) in [7, 11) is 0. The Morgan fingerprint density at radius 1 is 1.28 bits per heavy atom. The Kier molecular flexibility index (Phi) is 4.03. The van der Waals surface area contributed by atoms with E-state index in [-0.39, 0.29) is 0 Å². The Morgan fingerprint density at radius 2 is 2.11 bits per heavy atom. The SMILES string of the molecule is CCCC(C)COc1ccc2cc(N)ccc2n1. The quantitative estimate of drug-likeness (QED) is 0.817. The molecule has 2 N–H and O–H groups in total. The zero-order valence-corrected chi connectivity index (χ0v) is 11.0. The van der Waals surface area contributed by atoms with E-state index < -0.39 is 0 Å². The lowest BCUT2D eigenvalue weighted by molar-refractivity contribution is 0.244. The van der Waals surface area contributed by atoms with Crippen LogP contribution in [0.4, 0.5) is 5.69 Å². The Balaban J connectivity index is 2.08. The maximum atomic E-state index is 5.73. The van der Waals surface area contributed by atoms with Crippen LogP contribution < -0.4 is 10.5 Å². The van der Waals surface area contributed by atoms with Crippen molar-refractivity contribution in [3.8, 4) is 5.88 Å². The summed E-state index contributed by atoms with van der Waals surface area (Å²) >= 11 is 0. The number of hydrogen-bond donors (Lipinski definition) is 1. The molecule has 0 fully saturated rings. The minimum Gasteiger partial charge on any atom is -0.477 e. The molecule has 0 spiro atoms. The van der Waals surface area contributed by atoms with Gasteiger partial charge in [0.15, 0.2) is 0 Å². The number of rotatable bonds is 5. The first-order chi connectivity index (χ1) is 8.69. The summed E-state index contributed by atoms with van der Waals surface area (Å²) in [5.41, 5.74) is 7.41. The lowest BCUT2D eigenvalue weighted by Crippen LogP contribution is -2.08. The number of anilines is 1. The molecule has 2 rings (SSSR count). The Hall–Kier alpha value is -1.77. The predicted octanol–water partition coefficient (Wildman–Crippen LogP) is 3.63. The van der Waals surface area contributed by atoms with Crippen LogP contribution in [0.5, 0.6) is 5.88 Å². The van der Waals surface area contributed by atoms with Crippen LogP contribution in [0, 0.1) is 5.92 Å². The zero-order chi connectivity index (χ0) is 13.0. The summed E-state index contributed by atoms with van der Waals surface area (Å²) in [4.78, 5) is 4.47. The van der Waals surface area contributed by atoms with Gasteiger partial charge in [0.05, 0.1) is 12.1 Å². The Bertz CT molecular complexity index is 525. The van der Waals surface area contributed by atoms with Crippen LogP contribution in [0.1, 0.15) is 26.7 Å². The summed E-state index contributed by atoms with van der Waals surface area (Å²) in [5.74, 6) is 1.26. The standard InChI is InChI=1S/C15H20N2O/c1-3-4-11(2)10-18-15-8-5-12-9-13(16)6-7-14(12)17-15/h5-9,11H,3-4,10,16H2,1-2H3. The smallest absolute Gasteiger partial charge is 0.213 e. The largest absolute Gasteiger partial charge is 0.477 e. The van der Waals surface area contributed by atoms with Crippen LogP contribution in [0.15, 0.2) is 30.3 Å². The van der Waals surface area contributed by atoms with Crippen LogP contribution in [-0.2, 0) is 0 Å². The molecule has 0 bridgehead atoms. The fourth-order valence-electron chi connectivity index (χ4n) is 2.01. The summed E-state index contributed by atoms with van der Waals surface area (Å²) in [6.45, 7) is 5.11. The van der Waals surface area contributed by atoms with Crippen molar-refractivity contribution in [1.82, 2.24) is 4.98 Å². The van der Waals surface area contributed by atoms with Crippen molar-refractivity contribution < 1.29 is 4.74 Å². The molecule has 3 nitrogen and oxygen atoms in total. The lowest BCUT2D eigenvalue weighted by atomic mass is 10.1. The summed E-state index contributed by atoms with van der Waals surface area (Å²) in [6.07, 6.45) is 2.37. The summed E-state index contributed by atoms with van der Waals surface area (Å²) < 4.78 is 5.72. The van der Waals surface area contributed by atoms with E-state index in [1.165, 1.54) is 12.8 Å². The number of nitrogens with zero attached hydrogens (tertiary/aromatic N) is 1. The molecule has 1 aromatic carbocycles. The van der Waals surface area contributed by atoms with Crippen molar-refractivity contribution in [2.75, 3.05) is 12.3 Å². The van der Waals surface area contributed by atoms with Crippen molar-refractivity contribution in [3.63, 3.8) is 0 Å². The first-order valence-electron chi connectivity index (χ1n) is 6.48. The van der Waals surface area contributed by atoms with Gasteiger partial charge in [-0.15, -0.1) is 0 Å². The number of nitrogens with two attached hydrogens (primary N) is 1. The molecule has 18 heavy (non-hydrogen) atoms. The normalized spacial score (nSPS) is 12.6. The number of pyridine rings is 1. The highest BCUT2D eigenvalue weighted by atomic mass is 16.5. The van der Waals surface area contributed by atoms with Crippen molar-refractivity contribution >= 4 is 16.6 Å². The number of ether oxygens (including phenoxy) is 1. The van der Waals surface area contributed by atoms with E-state index in [2.05, 4.69) is 18.8 Å². The van der Waals surface area contributed by atoms with Gasteiger partial charge in [-0.3, -0.25) is 0 Å². The first-order valence-corrected chi connectivity index (χ1v) is 6.48. The maximum absolute atomic E-state index is 5.73. The fraction of sp³-hybridized carbons (Fsp3) is 0.400. The summed E-state index contributed by atoms with van der Waals surface area (Å²) in [5, 5.41) is 1.05. The van der Waals surface area contributed by atoms with Crippen molar-refractivity contribution in [1.29, 1.82) is 0 Å². The minimum atomic E-state index is 0.568. The molecule has 0 aliphatic rings. The summed E-state index contributed by atoms with van der Waals surface area (Å²) in [6, 6.07) is 9.61. The zero-order valence-electron chi connectivity index (χ0n) is 11.0. The van der Waals surface area contributed by atoms with Crippen LogP contribution >= 0.6 is 0 Å². The Morgan fingerprint density at radius 3 is 2.89 bits per heavy atom. The molecule has 96 valence electrons. The van der Waals surface area contributed by atoms with Crippen molar-refractivity contribution in [2.24, 2.45) is 5.92 Å². The fourth-order valence-corrected chi connectivity index (χ4v) is 2.01. The first kappa shape index (κ1) is 12.7. The van der Waals surface area contributed by atoms with E-state index in [9.17, 15) is 0 Å². The van der Waals surface area contributed by atoms with Gasteiger partial charge in [0.1, 0.15) is 0 Å². The number of benzene rings is 1. The second-order valence-electron chi connectivity index (χ2n) is 4.81. The predicted molar refractivity (Wildman–Crippen MR) is 75.7 cm³/mol. The van der Waals surface area contributed by atoms with Gasteiger partial charge in [0.25, 0.3) is 0 Å². The van der Waals surface area contributed by atoms with Gasteiger partial charge < -0.3 is 10.5 Å². The molecule has 0 amide bonds. The van der Waals surface area contributed by atoms with Crippen molar-refractivity contribution in [2.45, 2.75) is 26.7 Å². The van der Waals surface area contributed by atoms with Crippen LogP contribution in [0.2, 0.25) is 0 Å². The molecule has 0 aliphatic heterocycles. The number of nitrogen functional groups attached to an aromatic ring is 1. The molecule has 1 aromatic heterocycles. The number of fused-ring (bicyclic) bond motifs is 1. The van der Waals surface area contributed by atoms with Gasteiger partial charge in [-0.25, -0.2) is 4.98 Å². The highest BCUT2D eigenvalue weighted by molar-refractivity contribution is 5.82. The second-order valence-corrected chi connectivity index (χ2v) is 4.81. The average Bonchev–Trinajstić information content (AvgIpc) is 2.36. The highest BCUT2D eigenvalue weighted by Crippen LogP contribution is 2.19. The van der Waals surface area contributed by atoms with Gasteiger partial charge in [-0.2, -0.15) is 0 Å². The Labute approximate surface area is 108 Å². The third kappa shape index (κ3) is 3.13. The van der Waals surface area contributed by atoms with Gasteiger partial charge >= 0.3 is 0 Å². The molecule has 3 heteroatoms. The molecule has 0 aliphatic carbocycles. The molecular formula is C15H20N2O. The van der Waals surface area contributed by atoms with E-state index in [1.54, 1.807) is 0 Å². The molecular weight excluding hydrogens is 224 g/mol. The average molecular weight is 244 g/mol. The minimum absolute atomic E-state index is 0.568. The van der Waals surface area contributed by atoms with Crippen LogP contribution in [-0.4, -0.2) is 11.6 Å². The third-order valence-electron chi connectivity index (χ3n) is 2.98. The molecule has 0 saturated carbocycles. The maximum Gasteiger partial charge on any atom is 0.213 e. The van der Waals surface area contributed by atoms with E-state index in [0.717, 1.165) is 23.2 Å². The number of aromatic nitrogens is 1. The topological polar surface area (TPSA) is 48.1 Å². The van der Waals surface area contributed by atoms with Gasteiger partial charge in [-0.1, -0.05) is 20.3 Å². The molecule has 1 atom stereocenters. The van der Waals surface area contributed by atoms with E-state index >= 15 is 0 Å². The van der Waals surface area contributed by atoms with Gasteiger partial charge in [0, 0.05) is 17.1 Å². The van der Waals surface area contributed by atoms with E-state index in [0.29, 0.717) is 11.8 Å². The molecule has 0 saturated heterocycles. The van der Waals surface area contributed by atoms with Gasteiger partial charge in [0.2, 0.25) is 5.88 Å². The monoisotopic (exact) mass is 244 g/mol. The lowest BCUT2D eigenvalue weighted by Gasteiger charge is -2.11. The molecule has 0 radical (unpaired) electrons. The van der Waals surface area contributed by atoms with Crippen LogP contribution in [0.25, 0.3) is 10.9 Å². The second kappa shape index (κ2) is 5.71. The van der Waals surface area contributed by atoms with Gasteiger partial charge in [-0.05, 0) is 36.6 Å².